The van der Waals surface area contributed by atoms with Crippen molar-refractivity contribution in [2.75, 3.05) is 25.6 Å². The van der Waals surface area contributed by atoms with Gasteiger partial charge >= 0.3 is 7.60 Å². The first-order valence-corrected chi connectivity index (χ1v) is 11.1. The number of rotatable bonds is 12. The van der Waals surface area contributed by atoms with Crippen molar-refractivity contribution < 1.29 is 34.0 Å². The highest BCUT2D eigenvalue weighted by Crippen LogP contribution is 2.56. The van der Waals surface area contributed by atoms with E-state index in [-0.39, 0.29) is 19.4 Å². The van der Waals surface area contributed by atoms with Gasteiger partial charge in [0.25, 0.3) is 0 Å². The second-order valence-corrected chi connectivity index (χ2v) is 9.32. The predicted octanol–water partition coefficient (Wildman–Crippen LogP) is 0.835. The molecule has 0 aliphatic heterocycles. The maximum Gasteiger partial charge on any atom is 0.359 e. The molecule has 170 valence electrons. The average molecular weight is 447 g/mol. The van der Waals surface area contributed by atoms with Crippen LogP contribution in [0, 0.1) is 0 Å². The van der Waals surface area contributed by atoms with Gasteiger partial charge in [0.2, 0.25) is 0 Å². The van der Waals surface area contributed by atoms with Crippen LogP contribution in [0.5, 0.6) is 0 Å². The summed E-state index contributed by atoms with van der Waals surface area (Å²) in [4.78, 5) is 22.5. The number of aliphatic hydroxyl groups is 3. The van der Waals surface area contributed by atoms with Gasteiger partial charge in [-0.05, 0) is 26.7 Å². The first-order chi connectivity index (χ1) is 14.1. The molecular formula is C17H30N5O7P. The van der Waals surface area contributed by atoms with Crippen molar-refractivity contribution in [1.82, 2.24) is 19.5 Å². The van der Waals surface area contributed by atoms with Crippen LogP contribution < -0.4 is 5.32 Å². The van der Waals surface area contributed by atoms with Crippen LogP contribution in [0.2, 0.25) is 0 Å². The molecule has 30 heavy (non-hydrogen) atoms. The summed E-state index contributed by atoms with van der Waals surface area (Å²) >= 11 is 0. The van der Waals surface area contributed by atoms with Gasteiger partial charge in [-0.15, -0.1) is 0 Å². The zero-order chi connectivity index (χ0) is 22.5. The van der Waals surface area contributed by atoms with Crippen LogP contribution >= 0.6 is 7.60 Å². The second kappa shape index (κ2) is 10.1. The van der Waals surface area contributed by atoms with Crippen molar-refractivity contribution >= 4 is 24.6 Å². The molecule has 2 rings (SSSR count). The number of nitrogens with one attached hydrogen (secondary N) is 1. The van der Waals surface area contributed by atoms with Crippen LogP contribution in [0.3, 0.4) is 0 Å². The minimum atomic E-state index is -4.26. The third kappa shape index (κ3) is 5.33. The minimum Gasteiger partial charge on any atom is -0.394 e. The largest absolute Gasteiger partial charge is 0.394 e. The van der Waals surface area contributed by atoms with E-state index in [1.807, 2.05) is 0 Å². The second-order valence-electron chi connectivity index (χ2n) is 7.10. The number of imidazole rings is 1. The molecule has 0 bridgehead atoms. The van der Waals surface area contributed by atoms with Gasteiger partial charge in [-0.25, -0.2) is 15.0 Å². The quantitative estimate of drug-likeness (QED) is 0.292. The van der Waals surface area contributed by atoms with E-state index in [1.54, 1.807) is 20.9 Å². The van der Waals surface area contributed by atoms with E-state index >= 15 is 0 Å². The summed E-state index contributed by atoms with van der Waals surface area (Å²) in [5, 5.41) is 30.7. The van der Waals surface area contributed by atoms with Crippen LogP contribution in [0.15, 0.2) is 12.7 Å². The van der Waals surface area contributed by atoms with Crippen molar-refractivity contribution in [1.29, 1.82) is 0 Å². The smallest absolute Gasteiger partial charge is 0.359 e. The van der Waals surface area contributed by atoms with Crippen LogP contribution in [0.25, 0.3) is 11.2 Å². The molecule has 12 nitrogen and oxygen atoms in total. The number of ether oxygens (including phenoxy) is 1. The molecule has 5 atom stereocenters. The van der Waals surface area contributed by atoms with E-state index in [9.17, 15) is 24.8 Å². The van der Waals surface area contributed by atoms with E-state index in [4.69, 9.17) is 9.26 Å². The van der Waals surface area contributed by atoms with Crippen molar-refractivity contribution in [3.8, 4) is 0 Å². The fourth-order valence-electron chi connectivity index (χ4n) is 2.65. The van der Waals surface area contributed by atoms with E-state index in [0.717, 1.165) is 0 Å². The Morgan fingerprint density at radius 2 is 2.07 bits per heavy atom. The normalized spacial score (nSPS) is 19.1. The summed E-state index contributed by atoms with van der Waals surface area (Å²) in [6, 6.07) is 0. The topological polar surface area (TPSA) is 172 Å². The molecule has 5 N–H and O–H groups in total. The Kier molecular flexibility index (Phi) is 8.28. The summed E-state index contributed by atoms with van der Waals surface area (Å²) < 4.78 is 24.6. The van der Waals surface area contributed by atoms with Crippen LogP contribution in [-0.2, 0) is 13.8 Å². The van der Waals surface area contributed by atoms with Crippen LogP contribution in [0.4, 0.5) is 5.82 Å². The number of fused-ring (bicyclic) bond motifs is 1. The number of anilines is 1. The molecule has 0 fully saturated rings. The van der Waals surface area contributed by atoms with Gasteiger partial charge in [0.15, 0.2) is 23.0 Å². The lowest BCUT2D eigenvalue weighted by Gasteiger charge is -2.29. The molecule has 3 unspecified atom stereocenters. The Labute approximate surface area is 174 Å². The molecule has 0 aliphatic carbocycles. The molecule has 0 saturated carbocycles. The van der Waals surface area contributed by atoms with E-state index in [0.29, 0.717) is 17.0 Å². The summed E-state index contributed by atoms with van der Waals surface area (Å²) in [7, 11) is -2.57. The molecule has 0 spiro atoms. The first-order valence-electron chi connectivity index (χ1n) is 9.57. The van der Waals surface area contributed by atoms with Crippen molar-refractivity contribution in [2.24, 2.45) is 0 Å². The SMILES string of the molecule is CCC(C)(O)P(=O)(O)OC(C)CCO[C@@H]([C@H](O)CO)n1cnc2c(NC)ncnc21. The number of aromatic nitrogens is 4. The standard InChI is InChI=1S/C17H30N5O7P/c1-5-17(3,25)30(26,27)29-11(2)6-7-28-16(12(24)8-23)22-10-21-13-14(18-4)19-9-20-15(13)22/h9-12,16,23-25H,5-8H2,1-4H3,(H,26,27)(H,18,19,20)/t11?,12-,16+,17?/m1/s1. The number of hydrogen-bond acceptors (Lipinski definition) is 10. The van der Waals surface area contributed by atoms with Gasteiger partial charge in [-0.3, -0.25) is 9.13 Å². The van der Waals surface area contributed by atoms with Gasteiger partial charge in [-0.2, -0.15) is 0 Å². The van der Waals surface area contributed by atoms with Gasteiger partial charge in [-0.1, -0.05) is 6.92 Å². The molecule has 0 saturated heterocycles. The highest BCUT2D eigenvalue weighted by molar-refractivity contribution is 7.54. The van der Waals surface area contributed by atoms with Crippen molar-refractivity contribution in [3.05, 3.63) is 12.7 Å². The summed E-state index contributed by atoms with van der Waals surface area (Å²) in [6.45, 7) is 3.87. The number of aliphatic hydroxyl groups excluding tert-OH is 2. The number of nitrogens with zero attached hydrogens (tertiary/aromatic N) is 4. The van der Waals surface area contributed by atoms with Gasteiger partial charge in [0.05, 0.1) is 25.6 Å². The molecule has 0 amide bonds. The Morgan fingerprint density at radius 3 is 2.67 bits per heavy atom. The summed E-state index contributed by atoms with van der Waals surface area (Å²) in [5.41, 5.74) is 0.869. The molecule has 2 aromatic heterocycles. The molecule has 0 radical (unpaired) electrons. The fourth-order valence-corrected chi connectivity index (χ4v) is 3.87. The van der Waals surface area contributed by atoms with Crippen LogP contribution in [0.1, 0.15) is 39.8 Å². The van der Waals surface area contributed by atoms with Crippen LogP contribution in [-0.4, -0.2) is 77.5 Å². The monoisotopic (exact) mass is 447 g/mol. The highest BCUT2D eigenvalue weighted by atomic mass is 31.2. The molecule has 2 aromatic rings. The molecule has 0 aromatic carbocycles. The number of hydrogen-bond donors (Lipinski definition) is 5. The van der Waals surface area contributed by atoms with E-state index in [2.05, 4.69) is 20.3 Å². The highest BCUT2D eigenvalue weighted by Gasteiger charge is 2.42. The van der Waals surface area contributed by atoms with Gasteiger partial charge < -0.3 is 34.8 Å². The lowest BCUT2D eigenvalue weighted by molar-refractivity contribution is -0.100. The van der Waals surface area contributed by atoms with Crippen molar-refractivity contribution in [2.45, 2.75) is 57.4 Å². The first kappa shape index (κ1) is 24.6. The molecule has 13 heteroatoms. The Hall–Kier alpha value is -1.66. The zero-order valence-corrected chi connectivity index (χ0v) is 18.4. The maximum atomic E-state index is 12.3. The van der Waals surface area contributed by atoms with E-state index in [1.165, 1.54) is 24.1 Å². The molecule has 2 heterocycles. The van der Waals surface area contributed by atoms with Crippen molar-refractivity contribution in [3.63, 3.8) is 0 Å². The summed E-state index contributed by atoms with van der Waals surface area (Å²) in [6.07, 6.45) is 0.0281. The third-order valence-corrected chi connectivity index (χ3v) is 6.98. The minimum absolute atomic E-state index is 0.0286. The Balaban J connectivity index is 2.10. The van der Waals surface area contributed by atoms with Gasteiger partial charge in [0.1, 0.15) is 17.9 Å². The summed E-state index contributed by atoms with van der Waals surface area (Å²) in [5.74, 6) is 0.500. The predicted molar refractivity (Wildman–Crippen MR) is 109 cm³/mol. The average Bonchev–Trinajstić information content (AvgIpc) is 3.14. The van der Waals surface area contributed by atoms with E-state index < -0.39 is 38.0 Å². The Bertz CT molecular complexity index is 877. The third-order valence-electron chi connectivity index (χ3n) is 4.80. The Morgan fingerprint density at radius 1 is 1.37 bits per heavy atom. The lowest BCUT2D eigenvalue weighted by atomic mass is 10.3. The zero-order valence-electron chi connectivity index (χ0n) is 17.5. The fraction of sp³-hybridized carbons (Fsp3) is 0.706. The molecular weight excluding hydrogens is 417 g/mol. The lowest BCUT2D eigenvalue weighted by Crippen LogP contribution is -2.31. The molecule has 0 aliphatic rings. The van der Waals surface area contributed by atoms with Gasteiger partial charge in [0, 0.05) is 7.05 Å². The maximum absolute atomic E-state index is 12.3.